The van der Waals surface area contributed by atoms with E-state index < -0.39 is 11.7 Å². The minimum atomic E-state index is -4.45. The van der Waals surface area contributed by atoms with Gasteiger partial charge >= 0.3 is 6.18 Å². The smallest absolute Gasteiger partial charge is 0.352 e. The fraction of sp³-hybridized carbons (Fsp3) is 0.188. The molecule has 21 heavy (non-hydrogen) atoms. The molecule has 5 heteroatoms. The highest BCUT2D eigenvalue weighted by Crippen LogP contribution is 2.37. The number of benzene rings is 2. The van der Waals surface area contributed by atoms with Crippen LogP contribution < -0.4 is 5.32 Å². The molecule has 0 fully saturated rings. The summed E-state index contributed by atoms with van der Waals surface area (Å²) in [7, 11) is 0. The zero-order chi connectivity index (χ0) is 15.5. The summed E-state index contributed by atoms with van der Waals surface area (Å²) in [5, 5.41) is 2.49. The van der Waals surface area contributed by atoms with Gasteiger partial charge in [0.15, 0.2) is 0 Å². The maximum atomic E-state index is 13.2. The molecule has 0 aromatic heterocycles. The molecular formula is C16H14F3NO. The van der Waals surface area contributed by atoms with E-state index in [0.29, 0.717) is 11.1 Å². The van der Waals surface area contributed by atoms with Crippen LogP contribution in [0.25, 0.3) is 11.1 Å². The molecule has 0 atom stereocenters. The lowest BCUT2D eigenvalue weighted by molar-refractivity contribution is -0.137. The molecule has 1 amide bonds. The summed E-state index contributed by atoms with van der Waals surface area (Å²) in [5.74, 6) is -0.282. The highest BCUT2D eigenvalue weighted by atomic mass is 19.4. The Bertz CT molecular complexity index is 636. The van der Waals surface area contributed by atoms with Crippen LogP contribution in [-0.4, -0.2) is 5.91 Å². The molecule has 2 rings (SSSR count). The number of halogens is 3. The van der Waals surface area contributed by atoms with Gasteiger partial charge < -0.3 is 5.32 Å². The first-order valence-electron chi connectivity index (χ1n) is 6.38. The minimum absolute atomic E-state index is 0.0769. The lowest BCUT2D eigenvalue weighted by Crippen LogP contribution is -2.19. The Morgan fingerprint density at radius 1 is 1.10 bits per heavy atom. The van der Waals surface area contributed by atoms with Crippen molar-refractivity contribution < 1.29 is 18.0 Å². The molecule has 0 aliphatic rings. The summed E-state index contributed by atoms with van der Waals surface area (Å²) in [6, 6.07) is 12.5. The Kier molecular flexibility index (Phi) is 4.31. The van der Waals surface area contributed by atoms with Gasteiger partial charge in [0, 0.05) is 13.5 Å². The van der Waals surface area contributed by atoms with Gasteiger partial charge in [0.1, 0.15) is 0 Å². The molecule has 0 saturated heterocycles. The third-order valence-electron chi connectivity index (χ3n) is 3.02. The SMILES string of the molecule is CC(=O)NCc1ccc(-c2ccccc2)c(C(F)(F)F)c1. The second-order valence-electron chi connectivity index (χ2n) is 4.65. The zero-order valence-electron chi connectivity index (χ0n) is 11.4. The van der Waals surface area contributed by atoms with Gasteiger partial charge in [-0.3, -0.25) is 4.79 Å². The van der Waals surface area contributed by atoms with Crippen LogP contribution in [0.1, 0.15) is 18.1 Å². The van der Waals surface area contributed by atoms with Crippen LogP contribution >= 0.6 is 0 Å². The van der Waals surface area contributed by atoms with Gasteiger partial charge in [0.05, 0.1) is 5.56 Å². The van der Waals surface area contributed by atoms with Gasteiger partial charge in [-0.05, 0) is 22.8 Å². The van der Waals surface area contributed by atoms with Crippen LogP contribution in [0.5, 0.6) is 0 Å². The lowest BCUT2D eigenvalue weighted by atomic mass is 9.97. The molecule has 2 aromatic carbocycles. The van der Waals surface area contributed by atoms with Gasteiger partial charge in [-0.25, -0.2) is 0 Å². The molecule has 0 aliphatic heterocycles. The maximum absolute atomic E-state index is 13.2. The van der Waals surface area contributed by atoms with Gasteiger partial charge in [-0.15, -0.1) is 0 Å². The predicted molar refractivity (Wildman–Crippen MR) is 74.4 cm³/mol. The Labute approximate surface area is 120 Å². The fourth-order valence-electron chi connectivity index (χ4n) is 2.03. The lowest BCUT2D eigenvalue weighted by Gasteiger charge is -2.15. The largest absolute Gasteiger partial charge is 0.417 e. The summed E-state index contributed by atoms with van der Waals surface area (Å²) in [6.07, 6.45) is -4.45. The monoisotopic (exact) mass is 293 g/mol. The van der Waals surface area contributed by atoms with E-state index >= 15 is 0 Å². The molecule has 1 N–H and O–H groups in total. The van der Waals surface area contributed by atoms with Crippen molar-refractivity contribution in [2.24, 2.45) is 0 Å². The second kappa shape index (κ2) is 5.99. The first-order valence-corrected chi connectivity index (χ1v) is 6.38. The van der Waals surface area contributed by atoms with E-state index in [1.54, 1.807) is 36.4 Å². The fourth-order valence-corrected chi connectivity index (χ4v) is 2.03. The average molecular weight is 293 g/mol. The van der Waals surface area contributed by atoms with E-state index in [1.807, 2.05) is 0 Å². The number of hydrogen-bond acceptors (Lipinski definition) is 1. The van der Waals surface area contributed by atoms with Crippen molar-refractivity contribution >= 4 is 5.91 Å². The molecule has 0 radical (unpaired) electrons. The number of nitrogens with one attached hydrogen (secondary N) is 1. The highest BCUT2D eigenvalue weighted by Gasteiger charge is 2.33. The molecule has 0 bridgehead atoms. The molecule has 0 unspecified atom stereocenters. The second-order valence-corrected chi connectivity index (χ2v) is 4.65. The molecule has 2 aromatic rings. The predicted octanol–water partition coefficient (Wildman–Crippen LogP) is 4.01. The first kappa shape index (κ1) is 15.1. The van der Waals surface area contributed by atoms with Crippen LogP contribution in [0.15, 0.2) is 48.5 Å². The van der Waals surface area contributed by atoms with E-state index in [9.17, 15) is 18.0 Å². The summed E-state index contributed by atoms with van der Waals surface area (Å²) in [5.41, 5.74) is 0.360. The number of carbonyl (C=O) groups is 1. The molecular weight excluding hydrogens is 279 g/mol. The molecule has 0 aliphatic carbocycles. The quantitative estimate of drug-likeness (QED) is 0.910. The van der Waals surface area contributed by atoms with Crippen molar-refractivity contribution in [3.8, 4) is 11.1 Å². The summed E-state index contributed by atoms with van der Waals surface area (Å²) in [6.45, 7) is 1.40. The number of carbonyl (C=O) groups excluding carboxylic acids is 1. The maximum Gasteiger partial charge on any atom is 0.417 e. The first-order chi connectivity index (χ1) is 9.88. The Morgan fingerprint density at radius 2 is 1.76 bits per heavy atom. The summed E-state index contributed by atoms with van der Waals surface area (Å²) in [4.78, 5) is 10.9. The minimum Gasteiger partial charge on any atom is -0.352 e. The Hall–Kier alpha value is -2.30. The van der Waals surface area contributed by atoms with Crippen LogP contribution in [0, 0.1) is 0 Å². The Balaban J connectivity index is 2.44. The molecule has 0 saturated carbocycles. The van der Waals surface area contributed by atoms with Crippen molar-refractivity contribution in [1.82, 2.24) is 5.32 Å². The van der Waals surface area contributed by atoms with Gasteiger partial charge in [0.2, 0.25) is 5.91 Å². The van der Waals surface area contributed by atoms with Crippen molar-refractivity contribution in [2.45, 2.75) is 19.6 Å². The van der Waals surface area contributed by atoms with Gasteiger partial charge in [-0.1, -0.05) is 42.5 Å². The van der Waals surface area contributed by atoms with Gasteiger partial charge in [-0.2, -0.15) is 13.2 Å². The normalized spacial score (nSPS) is 11.2. The van der Waals surface area contributed by atoms with E-state index in [4.69, 9.17) is 0 Å². The molecule has 0 heterocycles. The Morgan fingerprint density at radius 3 is 2.33 bits per heavy atom. The van der Waals surface area contributed by atoms with E-state index in [1.165, 1.54) is 13.0 Å². The number of rotatable bonds is 3. The van der Waals surface area contributed by atoms with E-state index in [2.05, 4.69) is 5.32 Å². The third-order valence-corrected chi connectivity index (χ3v) is 3.02. The number of alkyl halides is 3. The molecule has 2 nitrogen and oxygen atoms in total. The molecule has 0 spiro atoms. The van der Waals surface area contributed by atoms with Crippen LogP contribution in [-0.2, 0) is 17.5 Å². The van der Waals surface area contributed by atoms with Crippen LogP contribution in [0.4, 0.5) is 13.2 Å². The van der Waals surface area contributed by atoms with E-state index in [-0.39, 0.29) is 18.0 Å². The van der Waals surface area contributed by atoms with Crippen LogP contribution in [0.2, 0.25) is 0 Å². The van der Waals surface area contributed by atoms with Crippen molar-refractivity contribution in [1.29, 1.82) is 0 Å². The third kappa shape index (κ3) is 3.84. The average Bonchev–Trinajstić information content (AvgIpc) is 2.45. The van der Waals surface area contributed by atoms with Crippen LogP contribution in [0.3, 0.4) is 0 Å². The molecule has 110 valence electrons. The zero-order valence-corrected chi connectivity index (χ0v) is 11.4. The summed E-state index contributed by atoms with van der Waals surface area (Å²) >= 11 is 0. The van der Waals surface area contributed by atoms with Crippen molar-refractivity contribution in [2.75, 3.05) is 0 Å². The van der Waals surface area contributed by atoms with Crippen molar-refractivity contribution in [3.05, 3.63) is 59.7 Å². The number of hydrogen-bond donors (Lipinski definition) is 1. The number of amides is 1. The summed E-state index contributed by atoms with van der Waals surface area (Å²) < 4.78 is 39.7. The van der Waals surface area contributed by atoms with Crippen molar-refractivity contribution in [3.63, 3.8) is 0 Å². The topological polar surface area (TPSA) is 29.1 Å². The highest BCUT2D eigenvalue weighted by molar-refractivity contribution is 5.73. The van der Waals surface area contributed by atoms with Gasteiger partial charge in [0.25, 0.3) is 0 Å². The standard InChI is InChI=1S/C16H14F3NO/c1-11(21)20-10-12-7-8-14(13-5-3-2-4-6-13)15(9-12)16(17,18)19/h2-9H,10H2,1H3,(H,20,21). The van der Waals surface area contributed by atoms with E-state index in [0.717, 1.165) is 6.07 Å².